The van der Waals surface area contributed by atoms with Crippen molar-refractivity contribution in [2.45, 2.75) is 0 Å². The van der Waals surface area contributed by atoms with Gasteiger partial charge in [-0.25, -0.2) is 0 Å². The lowest BCUT2D eigenvalue weighted by atomic mass is 10.0. The molecule has 0 amide bonds. The molecule has 4 heteroatoms. The van der Waals surface area contributed by atoms with Gasteiger partial charge in [-0.15, -0.1) is 0 Å². The van der Waals surface area contributed by atoms with Crippen LogP contribution in [0.2, 0.25) is 0 Å². The Morgan fingerprint density at radius 2 is 0.889 bits per heavy atom. The van der Waals surface area contributed by atoms with E-state index in [2.05, 4.69) is 202 Å². The van der Waals surface area contributed by atoms with E-state index in [0.717, 1.165) is 61.6 Å². The number of aromatic nitrogens is 2. The fourth-order valence-electron chi connectivity index (χ4n) is 8.29. The molecule has 0 unspecified atom stereocenters. The van der Waals surface area contributed by atoms with Gasteiger partial charge >= 0.3 is 0 Å². The number of anilines is 3. The summed E-state index contributed by atoms with van der Waals surface area (Å²) in [5.41, 5.74) is 13.1. The Morgan fingerprint density at radius 1 is 0.352 bits per heavy atom. The van der Waals surface area contributed by atoms with Crippen LogP contribution in [0, 0.1) is 0 Å². The van der Waals surface area contributed by atoms with E-state index in [9.17, 15) is 0 Å². The van der Waals surface area contributed by atoms with E-state index >= 15 is 0 Å². The Kier molecular flexibility index (Phi) is 6.82. The second-order valence-electron chi connectivity index (χ2n) is 13.8. The van der Waals surface area contributed by atoms with Crippen LogP contribution in [0.4, 0.5) is 17.1 Å². The lowest BCUT2D eigenvalue weighted by Crippen LogP contribution is -2.09. The first kappa shape index (κ1) is 30.3. The molecule has 254 valence electrons. The summed E-state index contributed by atoms with van der Waals surface area (Å²) in [4.78, 5) is 2.29. The minimum atomic E-state index is 0.877. The van der Waals surface area contributed by atoms with Crippen molar-refractivity contribution < 1.29 is 4.42 Å². The molecule has 0 fully saturated rings. The smallest absolute Gasteiger partial charge is 0.137 e. The maximum Gasteiger partial charge on any atom is 0.137 e. The zero-order chi connectivity index (χ0) is 35.6. The number of nitrogens with zero attached hydrogens (tertiary/aromatic N) is 3. The number of rotatable bonds is 6. The topological polar surface area (TPSA) is 26.2 Å². The summed E-state index contributed by atoms with van der Waals surface area (Å²) in [6.07, 6.45) is 0. The maximum absolute atomic E-state index is 6.31. The van der Waals surface area contributed by atoms with Gasteiger partial charge in [-0.05, 0) is 96.1 Å². The van der Waals surface area contributed by atoms with Crippen LogP contribution in [0.25, 0.3) is 77.3 Å². The van der Waals surface area contributed by atoms with Gasteiger partial charge in [0.1, 0.15) is 16.8 Å². The SMILES string of the molecule is c1ccc(N(c2ccc(-c3ccc4c(c3)c3c5ccccc5n(-c5ccccc5)c3n4-c3ccccc3)cc2)c2ccc3c(c2)oc2ccccc23)cc1. The van der Waals surface area contributed by atoms with Gasteiger partial charge in [0, 0.05) is 61.4 Å². The van der Waals surface area contributed by atoms with Crippen LogP contribution in [-0.4, -0.2) is 9.13 Å². The quantitative estimate of drug-likeness (QED) is 0.173. The summed E-state index contributed by atoms with van der Waals surface area (Å²) < 4.78 is 11.1. The minimum Gasteiger partial charge on any atom is -0.456 e. The lowest BCUT2D eigenvalue weighted by Gasteiger charge is -2.25. The molecule has 0 N–H and O–H groups in total. The molecule has 0 saturated heterocycles. The molecule has 0 aliphatic rings. The van der Waals surface area contributed by atoms with Crippen molar-refractivity contribution in [1.29, 1.82) is 0 Å². The highest BCUT2D eigenvalue weighted by Gasteiger charge is 2.22. The van der Waals surface area contributed by atoms with Gasteiger partial charge in [-0.2, -0.15) is 0 Å². The summed E-state index contributed by atoms with van der Waals surface area (Å²) in [5, 5.41) is 5.97. The Labute approximate surface area is 312 Å². The molecule has 54 heavy (non-hydrogen) atoms. The molecule has 0 spiro atoms. The van der Waals surface area contributed by atoms with Crippen molar-refractivity contribution in [2.75, 3.05) is 4.90 Å². The number of hydrogen-bond acceptors (Lipinski definition) is 2. The minimum absolute atomic E-state index is 0.877. The normalized spacial score (nSPS) is 11.7. The number of para-hydroxylation sites is 5. The highest BCUT2D eigenvalue weighted by Crippen LogP contribution is 2.43. The van der Waals surface area contributed by atoms with E-state index in [1.165, 1.54) is 32.8 Å². The molecule has 0 radical (unpaired) electrons. The van der Waals surface area contributed by atoms with Crippen LogP contribution in [0.5, 0.6) is 0 Å². The third kappa shape index (κ3) is 4.70. The number of benzene rings is 8. The van der Waals surface area contributed by atoms with Crippen molar-refractivity contribution >= 4 is 71.8 Å². The van der Waals surface area contributed by atoms with E-state index in [0.29, 0.717) is 0 Å². The van der Waals surface area contributed by atoms with E-state index < -0.39 is 0 Å². The average molecular weight is 692 g/mol. The molecule has 0 saturated carbocycles. The Hall–Kier alpha value is -7.30. The fraction of sp³-hybridized carbons (Fsp3) is 0. The summed E-state index contributed by atoms with van der Waals surface area (Å²) >= 11 is 0. The second kappa shape index (κ2) is 12.1. The standard InChI is InChI=1S/C50H33N3O/c1-4-14-36(15-5-1)51(40-29-30-42-41-20-11-13-23-47(41)54-48(42)33-40)39-27-24-34(25-28-39)35-26-31-46-44(32-35)49-43-21-10-12-22-45(43)52(37-16-6-2-7-17-37)50(49)53(46)38-18-8-3-9-19-38/h1-33H. The molecule has 0 aliphatic carbocycles. The van der Waals surface area contributed by atoms with E-state index in [1.54, 1.807) is 0 Å². The highest BCUT2D eigenvalue weighted by atomic mass is 16.3. The Morgan fingerprint density at radius 3 is 1.61 bits per heavy atom. The first-order valence-corrected chi connectivity index (χ1v) is 18.4. The van der Waals surface area contributed by atoms with Gasteiger partial charge in [0.2, 0.25) is 0 Å². The van der Waals surface area contributed by atoms with Gasteiger partial charge in [0.15, 0.2) is 0 Å². The zero-order valence-electron chi connectivity index (χ0n) is 29.3. The molecule has 8 aromatic carbocycles. The van der Waals surface area contributed by atoms with Crippen LogP contribution >= 0.6 is 0 Å². The second-order valence-corrected chi connectivity index (χ2v) is 13.8. The Bertz CT molecular complexity index is 3140. The predicted molar refractivity (Wildman–Crippen MR) is 225 cm³/mol. The summed E-state index contributed by atoms with van der Waals surface area (Å²) in [6, 6.07) is 71.3. The largest absolute Gasteiger partial charge is 0.456 e. The molecule has 3 aromatic heterocycles. The van der Waals surface area contributed by atoms with E-state index in [-0.39, 0.29) is 0 Å². The third-order valence-electron chi connectivity index (χ3n) is 10.7. The fourth-order valence-corrected chi connectivity index (χ4v) is 8.29. The number of fused-ring (bicyclic) bond motifs is 8. The monoisotopic (exact) mass is 691 g/mol. The molecule has 11 aromatic rings. The van der Waals surface area contributed by atoms with E-state index in [1.807, 2.05) is 12.1 Å². The van der Waals surface area contributed by atoms with Gasteiger partial charge in [-0.1, -0.05) is 109 Å². The molecular formula is C50H33N3O. The van der Waals surface area contributed by atoms with Crippen molar-refractivity contribution in [3.05, 3.63) is 200 Å². The highest BCUT2D eigenvalue weighted by molar-refractivity contribution is 6.23. The van der Waals surface area contributed by atoms with Crippen molar-refractivity contribution in [2.24, 2.45) is 0 Å². The summed E-state index contributed by atoms with van der Waals surface area (Å²) in [6.45, 7) is 0. The van der Waals surface area contributed by atoms with Crippen LogP contribution in [0.1, 0.15) is 0 Å². The Balaban J connectivity index is 1.07. The molecule has 0 atom stereocenters. The van der Waals surface area contributed by atoms with Crippen LogP contribution in [-0.2, 0) is 0 Å². The van der Waals surface area contributed by atoms with Crippen molar-refractivity contribution in [3.63, 3.8) is 0 Å². The lowest BCUT2D eigenvalue weighted by molar-refractivity contribution is 0.669. The van der Waals surface area contributed by atoms with Crippen LogP contribution < -0.4 is 4.90 Å². The van der Waals surface area contributed by atoms with Crippen molar-refractivity contribution in [1.82, 2.24) is 9.13 Å². The van der Waals surface area contributed by atoms with E-state index in [4.69, 9.17) is 4.42 Å². The number of furan rings is 1. The summed E-state index contributed by atoms with van der Waals surface area (Å²) in [7, 11) is 0. The number of hydrogen-bond donors (Lipinski definition) is 0. The van der Waals surface area contributed by atoms with Gasteiger partial charge in [0.05, 0.1) is 11.0 Å². The van der Waals surface area contributed by atoms with Crippen LogP contribution in [0.3, 0.4) is 0 Å². The molecule has 3 heterocycles. The molecule has 0 aliphatic heterocycles. The summed E-state index contributed by atoms with van der Waals surface area (Å²) in [5.74, 6) is 0. The molecule has 11 rings (SSSR count). The van der Waals surface area contributed by atoms with Gasteiger partial charge in [-0.3, -0.25) is 9.13 Å². The first-order chi connectivity index (χ1) is 26.8. The first-order valence-electron chi connectivity index (χ1n) is 18.4. The molecule has 4 nitrogen and oxygen atoms in total. The van der Waals surface area contributed by atoms with Crippen LogP contribution in [0.15, 0.2) is 205 Å². The molecule has 0 bridgehead atoms. The zero-order valence-corrected chi connectivity index (χ0v) is 29.3. The maximum atomic E-state index is 6.31. The van der Waals surface area contributed by atoms with Crippen molar-refractivity contribution in [3.8, 4) is 22.5 Å². The van der Waals surface area contributed by atoms with Gasteiger partial charge in [0.25, 0.3) is 0 Å². The predicted octanol–water partition coefficient (Wildman–Crippen LogP) is 13.8. The van der Waals surface area contributed by atoms with Gasteiger partial charge < -0.3 is 9.32 Å². The third-order valence-corrected chi connectivity index (χ3v) is 10.7. The average Bonchev–Trinajstić information content (AvgIpc) is 3.89. The molecular weight excluding hydrogens is 659 g/mol.